The Morgan fingerprint density at radius 2 is 1.91 bits per heavy atom. The van der Waals surface area contributed by atoms with Gasteiger partial charge in [0.15, 0.2) is 5.79 Å². The van der Waals surface area contributed by atoms with Crippen LogP contribution >= 0.6 is 0 Å². The number of esters is 1. The minimum atomic E-state index is -0.831. The van der Waals surface area contributed by atoms with Gasteiger partial charge in [0.05, 0.1) is 11.6 Å². The summed E-state index contributed by atoms with van der Waals surface area (Å²) >= 11 is 0. The van der Waals surface area contributed by atoms with Crippen LogP contribution in [-0.4, -0.2) is 36.1 Å². The van der Waals surface area contributed by atoms with Gasteiger partial charge < -0.3 is 14.2 Å². The second-order valence-corrected chi connectivity index (χ2v) is 5.88. The maximum atomic E-state index is 12.2. The van der Waals surface area contributed by atoms with Gasteiger partial charge in [-0.1, -0.05) is 29.4 Å². The van der Waals surface area contributed by atoms with Crippen molar-refractivity contribution in [2.45, 2.75) is 44.0 Å². The van der Waals surface area contributed by atoms with Gasteiger partial charge in [0, 0.05) is 4.91 Å². The van der Waals surface area contributed by atoms with Crippen LogP contribution in [0, 0.1) is 0 Å². The van der Waals surface area contributed by atoms with Crippen LogP contribution < -0.4 is 0 Å². The number of hydrogen-bond donors (Lipinski definition) is 0. The summed E-state index contributed by atoms with van der Waals surface area (Å²) in [5.41, 5.74) is 9.14. The van der Waals surface area contributed by atoms with Crippen LogP contribution in [0.2, 0.25) is 0 Å². The first-order valence-electron chi connectivity index (χ1n) is 7.34. The minimum absolute atomic E-state index is 0.436. The summed E-state index contributed by atoms with van der Waals surface area (Å²) in [7, 11) is 0. The molecule has 0 aromatic heterocycles. The lowest BCUT2D eigenvalue weighted by atomic mass is 9.94. The van der Waals surface area contributed by atoms with Gasteiger partial charge in [-0.25, -0.2) is 4.79 Å². The van der Waals surface area contributed by atoms with Crippen molar-refractivity contribution in [2.75, 3.05) is 0 Å². The van der Waals surface area contributed by atoms with Crippen LogP contribution in [0.5, 0.6) is 0 Å². The van der Waals surface area contributed by atoms with Crippen LogP contribution in [0.3, 0.4) is 0 Å². The highest BCUT2D eigenvalue weighted by Crippen LogP contribution is 2.37. The van der Waals surface area contributed by atoms with E-state index in [1.807, 2.05) is 6.07 Å². The first-order valence-corrected chi connectivity index (χ1v) is 7.34. The molecular formula is C16H17N3O4. The van der Waals surface area contributed by atoms with E-state index in [9.17, 15) is 4.79 Å². The van der Waals surface area contributed by atoms with E-state index in [1.54, 1.807) is 50.3 Å². The molecule has 1 saturated heterocycles. The van der Waals surface area contributed by atoms with Crippen molar-refractivity contribution < 1.29 is 19.0 Å². The summed E-state index contributed by atoms with van der Waals surface area (Å²) in [6.07, 6.45) is 1.78. The molecule has 3 rings (SSSR count). The summed E-state index contributed by atoms with van der Waals surface area (Å²) in [5, 5.41) is 3.71. The second kappa shape index (κ2) is 6.04. The lowest BCUT2D eigenvalue weighted by Gasteiger charge is -2.30. The zero-order valence-electron chi connectivity index (χ0n) is 12.8. The van der Waals surface area contributed by atoms with Gasteiger partial charge in [-0.05, 0) is 37.6 Å². The number of hydrogen-bond acceptors (Lipinski definition) is 5. The fourth-order valence-corrected chi connectivity index (χ4v) is 2.81. The summed E-state index contributed by atoms with van der Waals surface area (Å²) in [6.45, 7) is 3.54. The molecule has 4 atom stereocenters. The van der Waals surface area contributed by atoms with Crippen LogP contribution in [0.15, 0.2) is 47.6 Å². The highest BCUT2D eigenvalue weighted by Gasteiger charge is 2.50. The lowest BCUT2D eigenvalue weighted by Crippen LogP contribution is -2.45. The molecule has 0 N–H and O–H groups in total. The normalized spacial score (nSPS) is 31.0. The average molecular weight is 315 g/mol. The van der Waals surface area contributed by atoms with Gasteiger partial charge in [-0.15, -0.1) is 0 Å². The van der Waals surface area contributed by atoms with Crippen molar-refractivity contribution >= 4 is 5.97 Å². The number of azide groups is 1. The molecule has 7 heteroatoms. The van der Waals surface area contributed by atoms with Crippen LogP contribution in [-0.2, 0) is 14.2 Å². The fourth-order valence-electron chi connectivity index (χ4n) is 2.81. The van der Waals surface area contributed by atoms with Gasteiger partial charge in [0.25, 0.3) is 0 Å². The Morgan fingerprint density at radius 3 is 2.61 bits per heavy atom. The lowest BCUT2D eigenvalue weighted by molar-refractivity contribution is -0.152. The molecule has 0 radical (unpaired) electrons. The molecule has 1 aromatic rings. The van der Waals surface area contributed by atoms with Gasteiger partial charge in [-0.2, -0.15) is 0 Å². The maximum absolute atomic E-state index is 12.2. The molecule has 2 aliphatic rings. The molecule has 1 aromatic carbocycles. The molecule has 1 aliphatic heterocycles. The number of benzene rings is 1. The Bertz CT molecular complexity index is 667. The number of ether oxygens (including phenoxy) is 3. The number of carbonyl (C=O) groups is 1. The van der Waals surface area contributed by atoms with Gasteiger partial charge in [-0.3, -0.25) is 0 Å². The van der Waals surface area contributed by atoms with Crippen molar-refractivity contribution in [1.29, 1.82) is 0 Å². The first kappa shape index (κ1) is 15.6. The average Bonchev–Trinajstić information content (AvgIpc) is 2.86. The van der Waals surface area contributed by atoms with Crippen LogP contribution in [0.4, 0.5) is 0 Å². The highest BCUT2D eigenvalue weighted by molar-refractivity contribution is 5.89. The quantitative estimate of drug-likeness (QED) is 0.282. The smallest absolute Gasteiger partial charge is 0.338 e. The minimum Gasteiger partial charge on any atom is -0.452 e. The Labute approximate surface area is 133 Å². The molecule has 1 heterocycles. The maximum Gasteiger partial charge on any atom is 0.338 e. The van der Waals surface area contributed by atoms with E-state index in [-0.39, 0.29) is 0 Å². The largest absolute Gasteiger partial charge is 0.452 e. The van der Waals surface area contributed by atoms with E-state index in [1.165, 1.54) is 0 Å². The van der Waals surface area contributed by atoms with E-state index in [0.29, 0.717) is 5.56 Å². The molecular weight excluding hydrogens is 298 g/mol. The molecule has 120 valence electrons. The van der Waals surface area contributed by atoms with Crippen molar-refractivity contribution in [3.8, 4) is 0 Å². The van der Waals surface area contributed by atoms with Crippen molar-refractivity contribution in [3.63, 3.8) is 0 Å². The van der Waals surface area contributed by atoms with Crippen LogP contribution in [0.1, 0.15) is 24.2 Å². The second-order valence-electron chi connectivity index (χ2n) is 5.88. The van der Waals surface area contributed by atoms with E-state index in [2.05, 4.69) is 10.0 Å². The predicted octanol–water partition coefficient (Wildman–Crippen LogP) is 2.98. The van der Waals surface area contributed by atoms with Gasteiger partial charge in [0.2, 0.25) is 0 Å². The zero-order valence-corrected chi connectivity index (χ0v) is 12.8. The first-order chi connectivity index (χ1) is 11.0. The third-order valence-corrected chi connectivity index (χ3v) is 3.76. The summed E-state index contributed by atoms with van der Waals surface area (Å²) in [6, 6.07) is 8.25. The monoisotopic (exact) mass is 315 g/mol. The van der Waals surface area contributed by atoms with E-state index < -0.39 is 36.1 Å². The van der Waals surface area contributed by atoms with E-state index in [4.69, 9.17) is 19.7 Å². The Hall–Kier alpha value is -2.34. The summed E-state index contributed by atoms with van der Waals surface area (Å²) < 4.78 is 17.2. The third kappa shape index (κ3) is 3.22. The SMILES string of the molecule is CC1(C)O[C@@H]2[C@@H](O1)[C@H](OC(=O)c1ccccc1)C=C[C@@H]2N=[N+]=[N-]. The predicted molar refractivity (Wildman–Crippen MR) is 81.5 cm³/mol. The standard InChI is InChI=1S/C16H17N3O4/c1-16(2)22-13-11(18-19-17)8-9-12(14(13)23-16)21-15(20)10-6-4-3-5-7-10/h3-9,11-14H,1-2H3/t11-,12+,13-,14-/m0/s1. The summed E-state index contributed by atoms with van der Waals surface area (Å²) in [4.78, 5) is 15.1. The third-order valence-electron chi connectivity index (χ3n) is 3.76. The Kier molecular flexibility index (Phi) is 4.09. The number of rotatable bonds is 3. The molecule has 0 bridgehead atoms. The van der Waals surface area contributed by atoms with Gasteiger partial charge >= 0.3 is 5.97 Å². The zero-order chi connectivity index (χ0) is 16.4. The van der Waals surface area contributed by atoms with E-state index in [0.717, 1.165) is 0 Å². The fraction of sp³-hybridized carbons (Fsp3) is 0.438. The molecule has 23 heavy (non-hydrogen) atoms. The number of nitrogens with zero attached hydrogens (tertiary/aromatic N) is 3. The van der Waals surface area contributed by atoms with E-state index >= 15 is 0 Å². The number of fused-ring (bicyclic) bond motifs is 1. The molecule has 7 nitrogen and oxygen atoms in total. The highest BCUT2D eigenvalue weighted by atomic mass is 16.8. The Morgan fingerprint density at radius 1 is 1.22 bits per heavy atom. The van der Waals surface area contributed by atoms with Gasteiger partial charge in [0.1, 0.15) is 18.3 Å². The molecule has 1 fully saturated rings. The number of carbonyl (C=O) groups excluding carboxylic acids is 1. The van der Waals surface area contributed by atoms with Crippen molar-refractivity contribution in [1.82, 2.24) is 0 Å². The molecule has 0 saturated carbocycles. The Balaban J connectivity index is 1.81. The van der Waals surface area contributed by atoms with Crippen LogP contribution in [0.25, 0.3) is 10.4 Å². The molecule has 0 amide bonds. The molecule has 0 spiro atoms. The van der Waals surface area contributed by atoms with Crippen molar-refractivity contribution in [2.24, 2.45) is 5.11 Å². The topological polar surface area (TPSA) is 93.5 Å². The molecule has 0 unspecified atom stereocenters. The molecule has 1 aliphatic carbocycles. The summed E-state index contributed by atoms with van der Waals surface area (Å²) in [5.74, 6) is -1.27. The van der Waals surface area contributed by atoms with Crippen molar-refractivity contribution in [3.05, 3.63) is 58.5 Å².